The standard InChI is InChI=1S/C10H12BrFN2O/c1-2-7(11)5-14-10(15)9-4-3-8(12)6-13-9/h3-4,6-7H,2,5H2,1H3,(H,14,15). The Morgan fingerprint density at radius 1 is 1.67 bits per heavy atom. The number of hydrogen-bond donors (Lipinski definition) is 1. The second-order valence-electron chi connectivity index (χ2n) is 3.08. The molecule has 0 spiro atoms. The number of amides is 1. The number of hydrogen-bond acceptors (Lipinski definition) is 2. The van der Waals surface area contributed by atoms with Crippen LogP contribution in [0.4, 0.5) is 4.39 Å². The number of rotatable bonds is 4. The molecule has 0 bridgehead atoms. The van der Waals surface area contributed by atoms with E-state index in [0.717, 1.165) is 12.6 Å². The van der Waals surface area contributed by atoms with Crippen LogP contribution in [0.15, 0.2) is 18.3 Å². The topological polar surface area (TPSA) is 42.0 Å². The molecule has 15 heavy (non-hydrogen) atoms. The Morgan fingerprint density at radius 3 is 2.93 bits per heavy atom. The average Bonchev–Trinajstić information content (AvgIpc) is 2.26. The summed E-state index contributed by atoms with van der Waals surface area (Å²) in [6.45, 7) is 2.55. The minimum absolute atomic E-state index is 0.229. The lowest BCUT2D eigenvalue weighted by molar-refractivity contribution is 0.0949. The minimum atomic E-state index is -0.446. The van der Waals surface area contributed by atoms with Crippen molar-refractivity contribution in [3.05, 3.63) is 29.8 Å². The Balaban J connectivity index is 2.50. The second kappa shape index (κ2) is 5.80. The van der Waals surface area contributed by atoms with Crippen LogP contribution in [0.5, 0.6) is 0 Å². The summed E-state index contributed by atoms with van der Waals surface area (Å²) in [5.41, 5.74) is 0.229. The van der Waals surface area contributed by atoms with Gasteiger partial charge in [-0.2, -0.15) is 0 Å². The summed E-state index contributed by atoms with van der Waals surface area (Å²) in [6, 6.07) is 2.58. The highest BCUT2D eigenvalue weighted by Gasteiger charge is 2.08. The molecule has 1 heterocycles. The van der Waals surface area contributed by atoms with Crippen molar-refractivity contribution >= 4 is 21.8 Å². The molecular formula is C10H12BrFN2O. The second-order valence-corrected chi connectivity index (χ2v) is 4.37. The first-order valence-electron chi connectivity index (χ1n) is 4.67. The van der Waals surface area contributed by atoms with Gasteiger partial charge in [-0.1, -0.05) is 22.9 Å². The normalized spacial score (nSPS) is 12.2. The van der Waals surface area contributed by atoms with Crippen LogP contribution < -0.4 is 5.32 Å². The van der Waals surface area contributed by atoms with Crippen molar-refractivity contribution in [2.75, 3.05) is 6.54 Å². The van der Waals surface area contributed by atoms with Gasteiger partial charge in [0.15, 0.2) is 0 Å². The molecule has 0 aliphatic rings. The van der Waals surface area contributed by atoms with Crippen LogP contribution in [0.3, 0.4) is 0 Å². The molecule has 0 aliphatic heterocycles. The SMILES string of the molecule is CCC(Br)CNC(=O)c1ccc(F)cn1. The number of nitrogens with zero attached hydrogens (tertiary/aromatic N) is 1. The molecule has 0 radical (unpaired) electrons. The molecule has 1 N–H and O–H groups in total. The van der Waals surface area contributed by atoms with Gasteiger partial charge in [0.2, 0.25) is 0 Å². The molecule has 1 rings (SSSR count). The highest BCUT2D eigenvalue weighted by molar-refractivity contribution is 9.09. The zero-order valence-electron chi connectivity index (χ0n) is 8.34. The summed E-state index contributed by atoms with van der Waals surface area (Å²) in [4.78, 5) is 15.4. The molecule has 0 aromatic carbocycles. The first-order chi connectivity index (χ1) is 7.13. The van der Waals surface area contributed by atoms with Crippen LogP contribution in [0.1, 0.15) is 23.8 Å². The Kier molecular flexibility index (Phi) is 4.68. The Hall–Kier alpha value is -0.970. The number of pyridine rings is 1. The number of carbonyl (C=O) groups excluding carboxylic acids is 1. The van der Waals surface area contributed by atoms with Gasteiger partial charge in [-0.3, -0.25) is 4.79 Å². The van der Waals surface area contributed by atoms with E-state index in [1.54, 1.807) is 0 Å². The fraction of sp³-hybridized carbons (Fsp3) is 0.400. The van der Waals surface area contributed by atoms with E-state index in [-0.39, 0.29) is 16.4 Å². The first kappa shape index (κ1) is 12.1. The van der Waals surface area contributed by atoms with E-state index in [9.17, 15) is 9.18 Å². The molecular weight excluding hydrogens is 263 g/mol. The van der Waals surface area contributed by atoms with Gasteiger partial charge in [-0.25, -0.2) is 9.37 Å². The lowest BCUT2D eigenvalue weighted by atomic mass is 10.3. The van der Waals surface area contributed by atoms with Crippen LogP contribution in [-0.2, 0) is 0 Å². The van der Waals surface area contributed by atoms with E-state index < -0.39 is 5.82 Å². The molecule has 0 saturated carbocycles. The summed E-state index contributed by atoms with van der Waals surface area (Å²) in [5.74, 6) is -0.730. The van der Waals surface area contributed by atoms with E-state index in [2.05, 4.69) is 26.2 Å². The van der Waals surface area contributed by atoms with Crippen molar-refractivity contribution in [1.29, 1.82) is 0 Å². The van der Waals surface area contributed by atoms with E-state index in [1.165, 1.54) is 12.1 Å². The number of halogens is 2. The molecule has 1 amide bonds. The summed E-state index contributed by atoms with van der Waals surface area (Å²) in [7, 11) is 0. The summed E-state index contributed by atoms with van der Waals surface area (Å²) >= 11 is 3.39. The maximum absolute atomic E-state index is 12.5. The smallest absolute Gasteiger partial charge is 0.269 e. The maximum atomic E-state index is 12.5. The molecule has 82 valence electrons. The summed E-state index contributed by atoms with van der Waals surface area (Å²) in [6.07, 6.45) is 1.96. The molecule has 1 unspecified atom stereocenters. The fourth-order valence-corrected chi connectivity index (χ4v) is 1.11. The highest BCUT2D eigenvalue weighted by Crippen LogP contribution is 2.03. The number of nitrogens with one attached hydrogen (secondary N) is 1. The molecule has 0 saturated heterocycles. The molecule has 1 aromatic heterocycles. The minimum Gasteiger partial charge on any atom is -0.350 e. The number of aromatic nitrogens is 1. The zero-order valence-corrected chi connectivity index (χ0v) is 9.92. The first-order valence-corrected chi connectivity index (χ1v) is 5.59. The third-order valence-corrected chi connectivity index (χ3v) is 2.86. The van der Waals surface area contributed by atoms with Crippen molar-refractivity contribution in [3.63, 3.8) is 0 Å². The number of alkyl halides is 1. The van der Waals surface area contributed by atoms with Crippen LogP contribution in [0.2, 0.25) is 0 Å². The van der Waals surface area contributed by atoms with Crippen molar-refractivity contribution in [2.45, 2.75) is 18.2 Å². The molecule has 1 atom stereocenters. The zero-order chi connectivity index (χ0) is 11.3. The van der Waals surface area contributed by atoms with Gasteiger partial charge in [-0.15, -0.1) is 0 Å². The summed E-state index contributed by atoms with van der Waals surface area (Å²) < 4.78 is 12.5. The van der Waals surface area contributed by atoms with Gasteiger partial charge >= 0.3 is 0 Å². The fourth-order valence-electron chi connectivity index (χ4n) is 0.948. The lowest BCUT2D eigenvalue weighted by Crippen LogP contribution is -2.29. The van der Waals surface area contributed by atoms with Gasteiger partial charge in [0.25, 0.3) is 5.91 Å². The molecule has 5 heteroatoms. The lowest BCUT2D eigenvalue weighted by Gasteiger charge is -2.07. The molecule has 3 nitrogen and oxygen atoms in total. The van der Waals surface area contributed by atoms with E-state index >= 15 is 0 Å². The van der Waals surface area contributed by atoms with Gasteiger partial charge in [0, 0.05) is 11.4 Å². The predicted octanol–water partition coefficient (Wildman–Crippen LogP) is 2.12. The van der Waals surface area contributed by atoms with Crippen LogP contribution in [-0.4, -0.2) is 22.3 Å². The van der Waals surface area contributed by atoms with Crippen LogP contribution >= 0.6 is 15.9 Å². The number of carbonyl (C=O) groups is 1. The van der Waals surface area contributed by atoms with E-state index in [4.69, 9.17) is 0 Å². The quantitative estimate of drug-likeness (QED) is 0.855. The van der Waals surface area contributed by atoms with Crippen molar-refractivity contribution in [1.82, 2.24) is 10.3 Å². The van der Waals surface area contributed by atoms with Crippen LogP contribution in [0, 0.1) is 5.82 Å². The van der Waals surface area contributed by atoms with Gasteiger partial charge in [0.05, 0.1) is 6.20 Å². The van der Waals surface area contributed by atoms with E-state index in [1.807, 2.05) is 6.92 Å². The Bertz CT molecular complexity index is 329. The molecule has 0 fully saturated rings. The van der Waals surface area contributed by atoms with E-state index in [0.29, 0.717) is 6.54 Å². The maximum Gasteiger partial charge on any atom is 0.269 e. The predicted molar refractivity (Wildman–Crippen MR) is 59.5 cm³/mol. The van der Waals surface area contributed by atoms with Gasteiger partial charge < -0.3 is 5.32 Å². The van der Waals surface area contributed by atoms with Gasteiger partial charge in [-0.05, 0) is 18.6 Å². The van der Waals surface area contributed by atoms with Crippen molar-refractivity contribution in [3.8, 4) is 0 Å². The van der Waals surface area contributed by atoms with Crippen LogP contribution in [0.25, 0.3) is 0 Å². The average molecular weight is 275 g/mol. The molecule has 0 aliphatic carbocycles. The van der Waals surface area contributed by atoms with Crippen molar-refractivity contribution < 1.29 is 9.18 Å². The largest absolute Gasteiger partial charge is 0.350 e. The third-order valence-electron chi connectivity index (χ3n) is 1.89. The molecule has 1 aromatic rings. The Labute approximate surface area is 96.2 Å². The highest BCUT2D eigenvalue weighted by atomic mass is 79.9. The summed E-state index contributed by atoms with van der Waals surface area (Å²) in [5, 5.41) is 2.70. The Morgan fingerprint density at radius 2 is 2.40 bits per heavy atom. The van der Waals surface area contributed by atoms with Gasteiger partial charge in [0.1, 0.15) is 11.5 Å². The van der Waals surface area contributed by atoms with Crippen molar-refractivity contribution in [2.24, 2.45) is 0 Å². The monoisotopic (exact) mass is 274 g/mol. The third kappa shape index (κ3) is 3.95.